The van der Waals surface area contributed by atoms with Gasteiger partial charge >= 0.3 is 0 Å². The van der Waals surface area contributed by atoms with Crippen molar-refractivity contribution in [3.05, 3.63) is 59.7 Å². The number of phenolic OH excluding ortho intramolecular Hbond substituents is 2. The van der Waals surface area contributed by atoms with Crippen LogP contribution in [0.3, 0.4) is 0 Å². The van der Waals surface area contributed by atoms with Crippen molar-refractivity contribution in [3.63, 3.8) is 0 Å². The van der Waals surface area contributed by atoms with E-state index in [1.165, 1.54) is 53.0 Å². The van der Waals surface area contributed by atoms with Gasteiger partial charge in [-0.05, 0) is 12.1 Å². The Balaban J connectivity index is 1.96. The van der Waals surface area contributed by atoms with Crippen molar-refractivity contribution in [1.82, 2.24) is 0 Å². The number of benzene rings is 3. The number of hydrogen-bond donors (Lipinski definition) is 2. The predicted molar refractivity (Wildman–Crippen MR) is 123 cm³/mol. The van der Waals surface area contributed by atoms with Gasteiger partial charge in [0.15, 0.2) is 0 Å². The summed E-state index contributed by atoms with van der Waals surface area (Å²) in [5.41, 5.74) is 1.91. The molecule has 3 rings (SSSR count). The first-order chi connectivity index (χ1) is 15.5. The molecule has 3 aromatic carbocycles. The van der Waals surface area contributed by atoms with Crippen LogP contribution in [0, 0.1) is 0 Å². The molecule has 166 valence electrons. The summed E-state index contributed by atoms with van der Waals surface area (Å²) >= 11 is 0. The third-order valence-corrected chi connectivity index (χ3v) is 4.65. The first kappa shape index (κ1) is 22.5. The largest absolute Gasteiger partial charge is 0.507 e. The summed E-state index contributed by atoms with van der Waals surface area (Å²) in [5, 5.41) is 20.7. The second-order valence-corrected chi connectivity index (χ2v) is 6.53. The molecule has 0 aliphatic rings. The van der Waals surface area contributed by atoms with Crippen molar-refractivity contribution in [2.75, 3.05) is 28.4 Å². The van der Waals surface area contributed by atoms with E-state index >= 15 is 0 Å². The molecular formula is C24H24N2O6. The van der Waals surface area contributed by atoms with Gasteiger partial charge in [0, 0.05) is 36.7 Å². The summed E-state index contributed by atoms with van der Waals surface area (Å²) < 4.78 is 21.0. The van der Waals surface area contributed by atoms with Crippen LogP contribution in [0.5, 0.6) is 34.5 Å². The molecule has 0 amide bonds. The van der Waals surface area contributed by atoms with Gasteiger partial charge in [0.05, 0.1) is 50.9 Å². The number of para-hydroxylation sites is 2. The zero-order valence-corrected chi connectivity index (χ0v) is 18.2. The molecule has 3 aromatic rings. The highest BCUT2D eigenvalue weighted by Gasteiger charge is 2.12. The maximum Gasteiger partial charge on any atom is 0.135 e. The lowest BCUT2D eigenvalue weighted by molar-refractivity contribution is 0.384. The highest BCUT2D eigenvalue weighted by atomic mass is 16.5. The van der Waals surface area contributed by atoms with Gasteiger partial charge in [0.25, 0.3) is 0 Å². The lowest BCUT2D eigenvalue weighted by atomic mass is 10.1. The molecular weight excluding hydrogens is 412 g/mol. The lowest BCUT2D eigenvalue weighted by Gasteiger charge is -2.10. The summed E-state index contributed by atoms with van der Waals surface area (Å²) in [6, 6.07) is 13.5. The molecule has 0 fully saturated rings. The van der Waals surface area contributed by atoms with Gasteiger partial charge in [-0.2, -0.15) is 0 Å². The van der Waals surface area contributed by atoms with Crippen LogP contribution in [0.4, 0.5) is 11.4 Å². The first-order valence-corrected chi connectivity index (χ1v) is 9.57. The zero-order valence-electron chi connectivity index (χ0n) is 18.2. The van der Waals surface area contributed by atoms with Gasteiger partial charge in [0.1, 0.15) is 34.5 Å². The molecule has 2 N–H and O–H groups in total. The van der Waals surface area contributed by atoms with Crippen molar-refractivity contribution in [1.29, 1.82) is 0 Å². The molecule has 0 aromatic heterocycles. The summed E-state index contributed by atoms with van der Waals surface area (Å²) in [4.78, 5) is 8.95. The fourth-order valence-electron chi connectivity index (χ4n) is 2.96. The number of aliphatic imine (C=N–C) groups is 2. The standard InChI is InChI=1S/C24H24N2O6/c1-29-15-9-21(27)17(23(11-15)31-3)13-25-19-7-5-6-8-20(19)26-14-18-22(28)10-16(30-2)12-24(18)32-4/h5-14,27-28H,1-4H3. The molecule has 8 nitrogen and oxygen atoms in total. The van der Waals surface area contributed by atoms with Gasteiger partial charge in [0.2, 0.25) is 0 Å². The van der Waals surface area contributed by atoms with E-state index < -0.39 is 0 Å². The monoisotopic (exact) mass is 436 g/mol. The van der Waals surface area contributed by atoms with Crippen LogP contribution in [-0.2, 0) is 0 Å². The lowest BCUT2D eigenvalue weighted by Crippen LogP contribution is -1.94. The summed E-state index contributed by atoms with van der Waals surface area (Å²) in [6.07, 6.45) is 2.99. The maximum absolute atomic E-state index is 10.3. The molecule has 0 aliphatic heterocycles. The van der Waals surface area contributed by atoms with E-state index in [0.29, 0.717) is 45.5 Å². The van der Waals surface area contributed by atoms with Gasteiger partial charge in [-0.15, -0.1) is 0 Å². The second kappa shape index (κ2) is 10.2. The highest BCUT2D eigenvalue weighted by molar-refractivity contribution is 5.92. The summed E-state index contributed by atoms with van der Waals surface area (Å²) in [6.45, 7) is 0. The Hall–Kier alpha value is -4.20. The van der Waals surface area contributed by atoms with E-state index in [0.717, 1.165) is 0 Å². The minimum Gasteiger partial charge on any atom is -0.507 e. The van der Waals surface area contributed by atoms with Crippen LogP contribution in [-0.4, -0.2) is 51.1 Å². The van der Waals surface area contributed by atoms with Crippen LogP contribution in [0.25, 0.3) is 0 Å². The molecule has 0 saturated carbocycles. The summed E-state index contributed by atoms with van der Waals surface area (Å²) in [7, 11) is 6.01. The van der Waals surface area contributed by atoms with Crippen molar-refractivity contribution >= 4 is 23.8 Å². The van der Waals surface area contributed by atoms with Gasteiger partial charge in [-0.25, -0.2) is 0 Å². The van der Waals surface area contributed by atoms with E-state index in [9.17, 15) is 10.2 Å². The number of methoxy groups -OCH3 is 4. The Bertz CT molecular complexity index is 1070. The van der Waals surface area contributed by atoms with Crippen LogP contribution in [0.1, 0.15) is 11.1 Å². The summed E-state index contributed by atoms with van der Waals surface area (Å²) in [5.74, 6) is 1.71. The average Bonchev–Trinajstić information content (AvgIpc) is 2.81. The number of rotatable bonds is 8. The van der Waals surface area contributed by atoms with Crippen LogP contribution in [0.15, 0.2) is 58.5 Å². The molecule has 0 heterocycles. The predicted octanol–water partition coefficient (Wildman–Crippen LogP) is 4.63. The Labute approximate surface area is 186 Å². The minimum atomic E-state index is -0.0289. The molecule has 0 bridgehead atoms. The topological polar surface area (TPSA) is 102 Å². The normalized spacial score (nSPS) is 11.1. The molecule has 0 spiro atoms. The third-order valence-electron chi connectivity index (χ3n) is 4.65. The van der Waals surface area contributed by atoms with Crippen molar-refractivity contribution in [2.45, 2.75) is 0 Å². The number of hydrogen-bond acceptors (Lipinski definition) is 8. The second-order valence-electron chi connectivity index (χ2n) is 6.53. The number of ether oxygens (including phenoxy) is 4. The quantitative estimate of drug-likeness (QED) is 0.499. The van der Waals surface area contributed by atoms with E-state index in [-0.39, 0.29) is 11.5 Å². The zero-order chi connectivity index (χ0) is 23.1. The molecule has 8 heteroatoms. The first-order valence-electron chi connectivity index (χ1n) is 9.57. The highest BCUT2D eigenvalue weighted by Crippen LogP contribution is 2.35. The molecule has 0 unspecified atom stereocenters. The minimum absolute atomic E-state index is 0.0289. The molecule has 0 aliphatic carbocycles. The van der Waals surface area contributed by atoms with Gasteiger partial charge < -0.3 is 29.2 Å². The Morgan fingerprint density at radius 2 is 1.03 bits per heavy atom. The van der Waals surface area contributed by atoms with Crippen LogP contribution < -0.4 is 18.9 Å². The molecule has 0 saturated heterocycles. The number of nitrogens with zero attached hydrogens (tertiary/aromatic N) is 2. The molecule has 32 heavy (non-hydrogen) atoms. The van der Waals surface area contributed by atoms with E-state index in [4.69, 9.17) is 18.9 Å². The van der Waals surface area contributed by atoms with Crippen LogP contribution >= 0.6 is 0 Å². The Morgan fingerprint density at radius 3 is 1.38 bits per heavy atom. The fraction of sp³-hybridized carbons (Fsp3) is 0.167. The average molecular weight is 436 g/mol. The fourth-order valence-corrected chi connectivity index (χ4v) is 2.96. The van der Waals surface area contributed by atoms with Gasteiger partial charge in [-0.1, -0.05) is 12.1 Å². The van der Waals surface area contributed by atoms with Crippen molar-refractivity contribution in [3.8, 4) is 34.5 Å². The molecule has 0 radical (unpaired) electrons. The number of aromatic hydroxyl groups is 2. The van der Waals surface area contributed by atoms with E-state index in [1.807, 2.05) is 12.1 Å². The SMILES string of the molecule is COc1cc(O)c(C=Nc2ccccc2N=Cc2c(O)cc(OC)cc2OC)c(OC)c1. The van der Waals surface area contributed by atoms with Crippen molar-refractivity contribution < 1.29 is 29.2 Å². The Morgan fingerprint density at radius 1 is 0.625 bits per heavy atom. The van der Waals surface area contributed by atoms with Crippen molar-refractivity contribution in [2.24, 2.45) is 9.98 Å². The van der Waals surface area contributed by atoms with Gasteiger partial charge in [-0.3, -0.25) is 9.98 Å². The van der Waals surface area contributed by atoms with E-state index in [2.05, 4.69) is 9.98 Å². The van der Waals surface area contributed by atoms with Crippen LogP contribution in [0.2, 0.25) is 0 Å². The Kier molecular flexibility index (Phi) is 7.17. The third kappa shape index (κ3) is 4.92. The smallest absolute Gasteiger partial charge is 0.135 e. The van der Waals surface area contributed by atoms with E-state index in [1.54, 1.807) is 24.3 Å². The maximum atomic E-state index is 10.3. The molecule has 0 atom stereocenters. The number of phenols is 2.